The summed E-state index contributed by atoms with van der Waals surface area (Å²) < 4.78 is 0. The van der Waals surface area contributed by atoms with Gasteiger partial charge in [0.05, 0.1) is 30.4 Å². The van der Waals surface area contributed by atoms with Crippen LogP contribution >= 0.6 is 0 Å². The predicted octanol–water partition coefficient (Wildman–Crippen LogP) is 2.44. The normalized spacial score (nSPS) is 10.3. The number of aromatic nitrogens is 2. The maximum Gasteiger partial charge on any atom is 0.313 e. The summed E-state index contributed by atoms with van der Waals surface area (Å²) in [6, 6.07) is 14.6. The van der Waals surface area contributed by atoms with Crippen molar-refractivity contribution in [3.05, 3.63) is 60.6 Å². The molecule has 0 atom stereocenters. The first-order chi connectivity index (χ1) is 12.7. The van der Waals surface area contributed by atoms with Gasteiger partial charge in [0.25, 0.3) is 0 Å². The maximum atomic E-state index is 12.6. The van der Waals surface area contributed by atoms with Crippen molar-refractivity contribution in [1.82, 2.24) is 14.9 Å². The molecule has 0 spiro atoms. The van der Waals surface area contributed by atoms with Crippen LogP contribution in [0, 0.1) is 11.3 Å². The summed E-state index contributed by atoms with van der Waals surface area (Å²) in [5.41, 5.74) is 2.07. The van der Waals surface area contributed by atoms with Crippen LogP contribution in [0.4, 0.5) is 5.69 Å². The van der Waals surface area contributed by atoms with Crippen LogP contribution in [-0.4, -0.2) is 33.2 Å². The van der Waals surface area contributed by atoms with Gasteiger partial charge in [-0.25, -0.2) is 0 Å². The molecule has 0 unspecified atom stereocenters. The first kappa shape index (κ1) is 17.2. The van der Waals surface area contributed by atoms with E-state index in [1.54, 1.807) is 36.7 Å². The van der Waals surface area contributed by atoms with Gasteiger partial charge in [0.15, 0.2) is 0 Å². The topological polar surface area (TPSA) is 102 Å². The molecule has 0 aliphatic heterocycles. The van der Waals surface area contributed by atoms with Gasteiger partial charge in [-0.05, 0) is 30.3 Å². The van der Waals surface area contributed by atoms with Crippen LogP contribution in [0.25, 0.3) is 10.9 Å². The Balaban J connectivity index is 1.76. The molecule has 3 aromatic rings. The van der Waals surface area contributed by atoms with E-state index in [0.29, 0.717) is 11.4 Å². The van der Waals surface area contributed by atoms with E-state index >= 15 is 0 Å². The highest BCUT2D eigenvalue weighted by Gasteiger charge is 2.23. The number of fused-ring (bicyclic) bond motifs is 1. The summed E-state index contributed by atoms with van der Waals surface area (Å²) in [6.45, 7) is 0.330. The van der Waals surface area contributed by atoms with Crippen molar-refractivity contribution in [3.8, 4) is 6.07 Å². The molecule has 7 nitrogen and oxygen atoms in total. The molecular formula is C19H17N5O2. The van der Waals surface area contributed by atoms with E-state index in [4.69, 9.17) is 5.26 Å². The zero-order valence-electron chi connectivity index (χ0n) is 14.0. The lowest BCUT2D eigenvalue weighted by atomic mass is 10.2. The predicted molar refractivity (Wildman–Crippen MR) is 96.8 cm³/mol. The Morgan fingerprint density at radius 3 is 2.85 bits per heavy atom. The molecule has 0 bridgehead atoms. The second kappa shape index (κ2) is 7.94. The second-order valence-electron chi connectivity index (χ2n) is 5.65. The monoisotopic (exact) mass is 347 g/mol. The minimum absolute atomic E-state index is 0.138. The van der Waals surface area contributed by atoms with E-state index < -0.39 is 11.8 Å². The third-order valence-corrected chi connectivity index (χ3v) is 3.90. The Kier molecular flexibility index (Phi) is 5.25. The number of amides is 2. The van der Waals surface area contributed by atoms with E-state index in [1.807, 2.05) is 24.3 Å². The van der Waals surface area contributed by atoms with Crippen molar-refractivity contribution in [2.24, 2.45) is 0 Å². The molecule has 0 fully saturated rings. The van der Waals surface area contributed by atoms with Gasteiger partial charge in [-0.2, -0.15) is 5.26 Å². The molecule has 2 heterocycles. The largest absolute Gasteiger partial charge is 0.361 e. The summed E-state index contributed by atoms with van der Waals surface area (Å²) in [5.74, 6) is -1.44. The van der Waals surface area contributed by atoms with Gasteiger partial charge in [0.1, 0.15) is 0 Å². The first-order valence-electron chi connectivity index (χ1n) is 8.12. The Morgan fingerprint density at radius 2 is 2.08 bits per heavy atom. The van der Waals surface area contributed by atoms with Crippen LogP contribution in [0.15, 0.2) is 54.9 Å². The number of carbonyl (C=O) groups is 2. The van der Waals surface area contributed by atoms with Crippen LogP contribution in [-0.2, 0) is 16.1 Å². The molecule has 0 aliphatic carbocycles. The average molecular weight is 347 g/mol. The summed E-state index contributed by atoms with van der Waals surface area (Å²) >= 11 is 0. The van der Waals surface area contributed by atoms with Gasteiger partial charge in [-0.15, -0.1) is 0 Å². The number of nitrogens with zero attached hydrogens (tertiary/aromatic N) is 3. The van der Waals surface area contributed by atoms with Gasteiger partial charge in [0, 0.05) is 29.8 Å². The number of benzene rings is 1. The third kappa shape index (κ3) is 3.87. The summed E-state index contributed by atoms with van der Waals surface area (Å²) in [6.07, 6.45) is 3.52. The number of hydrogen-bond acceptors (Lipinski definition) is 4. The van der Waals surface area contributed by atoms with Gasteiger partial charge < -0.3 is 15.2 Å². The van der Waals surface area contributed by atoms with Gasteiger partial charge >= 0.3 is 11.8 Å². The number of anilines is 1. The molecule has 2 N–H and O–H groups in total. The molecule has 130 valence electrons. The molecule has 7 heteroatoms. The van der Waals surface area contributed by atoms with Crippen molar-refractivity contribution in [2.45, 2.75) is 13.0 Å². The van der Waals surface area contributed by atoms with Crippen LogP contribution < -0.4 is 5.32 Å². The van der Waals surface area contributed by atoms with Crippen LogP contribution in [0.2, 0.25) is 0 Å². The van der Waals surface area contributed by atoms with Crippen molar-refractivity contribution >= 4 is 28.4 Å². The van der Waals surface area contributed by atoms with E-state index in [9.17, 15) is 9.59 Å². The first-order valence-corrected chi connectivity index (χ1v) is 8.12. The lowest BCUT2D eigenvalue weighted by Gasteiger charge is -2.20. The summed E-state index contributed by atoms with van der Waals surface area (Å²) in [5, 5.41) is 12.3. The quantitative estimate of drug-likeness (QED) is 0.692. The minimum atomic E-state index is -0.743. The Labute approximate surface area is 150 Å². The van der Waals surface area contributed by atoms with E-state index in [-0.39, 0.29) is 19.5 Å². The number of aromatic amines is 1. The van der Waals surface area contributed by atoms with E-state index in [0.717, 1.165) is 10.9 Å². The molecule has 2 aromatic heterocycles. The Hall–Kier alpha value is -3.66. The SMILES string of the molecule is N#CCCN(Cc1ccccn1)C(=O)C(=O)Nc1cccc2[nH]ccc12. The number of pyridine rings is 1. The highest BCUT2D eigenvalue weighted by molar-refractivity contribution is 6.40. The highest BCUT2D eigenvalue weighted by Crippen LogP contribution is 2.22. The fraction of sp³-hybridized carbons (Fsp3) is 0.158. The van der Waals surface area contributed by atoms with Gasteiger partial charge in [-0.3, -0.25) is 14.6 Å². The van der Waals surface area contributed by atoms with Crippen LogP contribution in [0.1, 0.15) is 12.1 Å². The molecule has 2 amide bonds. The number of hydrogen-bond donors (Lipinski definition) is 2. The molecule has 0 saturated carbocycles. The third-order valence-electron chi connectivity index (χ3n) is 3.90. The Bertz CT molecular complexity index is 959. The van der Waals surface area contributed by atoms with Gasteiger partial charge in [0.2, 0.25) is 0 Å². The van der Waals surface area contributed by atoms with Crippen LogP contribution in [0.3, 0.4) is 0 Å². The lowest BCUT2D eigenvalue weighted by Crippen LogP contribution is -2.40. The summed E-state index contributed by atoms with van der Waals surface area (Å²) in [4.78, 5) is 33.6. The number of carbonyl (C=O) groups excluding carboxylic acids is 2. The smallest absolute Gasteiger partial charge is 0.313 e. The molecule has 1 aromatic carbocycles. The van der Waals surface area contributed by atoms with Crippen molar-refractivity contribution in [1.29, 1.82) is 5.26 Å². The van der Waals surface area contributed by atoms with Crippen molar-refractivity contribution in [2.75, 3.05) is 11.9 Å². The number of nitrogens with one attached hydrogen (secondary N) is 2. The van der Waals surface area contributed by atoms with Crippen LogP contribution in [0.5, 0.6) is 0 Å². The Morgan fingerprint density at radius 1 is 1.19 bits per heavy atom. The second-order valence-corrected chi connectivity index (χ2v) is 5.65. The average Bonchev–Trinajstić information content (AvgIpc) is 3.15. The highest BCUT2D eigenvalue weighted by atomic mass is 16.2. The molecule has 3 rings (SSSR count). The fourth-order valence-corrected chi connectivity index (χ4v) is 2.64. The number of H-pyrrole nitrogens is 1. The zero-order chi connectivity index (χ0) is 18.4. The van der Waals surface area contributed by atoms with Crippen molar-refractivity contribution in [3.63, 3.8) is 0 Å². The standard InChI is InChI=1S/C19H17N5O2/c20-9-4-12-24(13-14-5-1-2-10-21-14)19(26)18(25)23-17-7-3-6-16-15(17)8-11-22-16/h1-3,5-8,10-11,22H,4,12-13H2,(H,23,25). The number of nitriles is 1. The molecule has 0 aliphatic rings. The fourth-order valence-electron chi connectivity index (χ4n) is 2.64. The number of rotatable bonds is 5. The van der Waals surface area contributed by atoms with Crippen molar-refractivity contribution < 1.29 is 9.59 Å². The van der Waals surface area contributed by atoms with E-state index in [2.05, 4.69) is 15.3 Å². The molecular weight excluding hydrogens is 330 g/mol. The minimum Gasteiger partial charge on any atom is -0.361 e. The molecule has 0 radical (unpaired) electrons. The molecule has 26 heavy (non-hydrogen) atoms. The van der Waals surface area contributed by atoms with E-state index in [1.165, 1.54) is 4.90 Å². The zero-order valence-corrected chi connectivity index (χ0v) is 14.0. The maximum absolute atomic E-state index is 12.6. The summed E-state index contributed by atoms with van der Waals surface area (Å²) in [7, 11) is 0. The lowest BCUT2D eigenvalue weighted by molar-refractivity contribution is -0.143. The van der Waals surface area contributed by atoms with Gasteiger partial charge in [-0.1, -0.05) is 12.1 Å². The molecule has 0 saturated heterocycles.